The maximum absolute atomic E-state index is 5.56. The molecule has 2 nitrogen and oxygen atoms in total. The fraction of sp³-hybridized carbons (Fsp3) is 0.150. The molecule has 1 aliphatic carbocycles. The van der Waals surface area contributed by atoms with E-state index < -0.39 is 0 Å². The molecule has 1 unspecified atom stereocenters. The SMILES string of the molecule is Cc1noc2c1C(c1ccccc1)CC(c1ccccc1)=C2. The molecule has 0 saturated carbocycles. The third kappa shape index (κ3) is 2.17. The second-order valence-corrected chi connectivity index (χ2v) is 5.75. The van der Waals surface area contributed by atoms with Gasteiger partial charge in [0.2, 0.25) is 0 Å². The number of allylic oxidation sites excluding steroid dienone is 1. The first-order chi connectivity index (χ1) is 10.8. The van der Waals surface area contributed by atoms with Gasteiger partial charge in [0, 0.05) is 11.5 Å². The van der Waals surface area contributed by atoms with E-state index in [0.717, 1.165) is 17.9 Å². The summed E-state index contributed by atoms with van der Waals surface area (Å²) in [5.74, 6) is 1.21. The summed E-state index contributed by atoms with van der Waals surface area (Å²) in [5, 5.41) is 4.18. The van der Waals surface area contributed by atoms with E-state index in [1.54, 1.807) is 0 Å². The molecule has 0 N–H and O–H groups in total. The van der Waals surface area contributed by atoms with Gasteiger partial charge in [0.05, 0.1) is 5.69 Å². The Morgan fingerprint density at radius 2 is 1.64 bits per heavy atom. The lowest BCUT2D eigenvalue weighted by atomic mass is 9.79. The standard InChI is InChI=1S/C20H17NO/c1-14-20-18(16-10-6-3-7-11-16)12-17(13-19(20)22-21-14)15-8-4-2-5-9-15/h2-11,13,18H,12H2,1H3. The molecule has 1 aromatic heterocycles. The number of aryl methyl sites for hydroxylation is 1. The van der Waals surface area contributed by atoms with Crippen molar-refractivity contribution in [1.82, 2.24) is 5.16 Å². The van der Waals surface area contributed by atoms with Gasteiger partial charge in [0.25, 0.3) is 0 Å². The van der Waals surface area contributed by atoms with Gasteiger partial charge in [-0.3, -0.25) is 0 Å². The monoisotopic (exact) mass is 287 g/mol. The third-order valence-corrected chi connectivity index (χ3v) is 4.36. The average Bonchev–Trinajstić information content (AvgIpc) is 2.97. The molecule has 1 atom stereocenters. The molecule has 108 valence electrons. The first kappa shape index (κ1) is 13.1. The number of nitrogens with zero attached hydrogens (tertiary/aromatic N) is 1. The average molecular weight is 287 g/mol. The predicted molar refractivity (Wildman–Crippen MR) is 88.5 cm³/mol. The van der Waals surface area contributed by atoms with Gasteiger partial charge in [-0.2, -0.15) is 0 Å². The van der Waals surface area contributed by atoms with E-state index in [9.17, 15) is 0 Å². The zero-order valence-corrected chi connectivity index (χ0v) is 12.5. The number of benzene rings is 2. The predicted octanol–water partition coefficient (Wildman–Crippen LogP) is 5.06. The number of aromatic nitrogens is 1. The molecule has 0 bridgehead atoms. The molecular formula is C20H17NO. The van der Waals surface area contributed by atoms with Gasteiger partial charge in [-0.15, -0.1) is 0 Å². The molecule has 0 spiro atoms. The Hall–Kier alpha value is -2.61. The van der Waals surface area contributed by atoms with Crippen LogP contribution in [0.2, 0.25) is 0 Å². The van der Waals surface area contributed by atoms with Crippen LogP contribution in [0.5, 0.6) is 0 Å². The van der Waals surface area contributed by atoms with Crippen LogP contribution >= 0.6 is 0 Å². The van der Waals surface area contributed by atoms with E-state index in [2.05, 4.69) is 65.8 Å². The Balaban J connectivity index is 1.85. The summed E-state index contributed by atoms with van der Waals surface area (Å²) in [5.41, 5.74) is 6.09. The van der Waals surface area contributed by atoms with Gasteiger partial charge in [0.1, 0.15) is 0 Å². The van der Waals surface area contributed by atoms with Crippen LogP contribution in [-0.4, -0.2) is 5.16 Å². The fourth-order valence-corrected chi connectivity index (χ4v) is 3.28. The highest BCUT2D eigenvalue weighted by Crippen LogP contribution is 2.42. The molecule has 0 radical (unpaired) electrons. The Bertz CT molecular complexity index is 815. The first-order valence-electron chi connectivity index (χ1n) is 7.60. The summed E-state index contributed by atoms with van der Waals surface area (Å²) in [7, 11) is 0. The number of hydrogen-bond donors (Lipinski definition) is 0. The van der Waals surface area contributed by atoms with Gasteiger partial charge in [-0.25, -0.2) is 0 Å². The summed E-state index contributed by atoms with van der Waals surface area (Å²) >= 11 is 0. The van der Waals surface area contributed by atoms with E-state index in [-0.39, 0.29) is 0 Å². The molecule has 3 aromatic rings. The van der Waals surface area contributed by atoms with Gasteiger partial charge >= 0.3 is 0 Å². The normalized spacial score (nSPS) is 17.0. The molecule has 22 heavy (non-hydrogen) atoms. The Morgan fingerprint density at radius 1 is 0.955 bits per heavy atom. The van der Waals surface area contributed by atoms with Crippen LogP contribution < -0.4 is 0 Å². The highest BCUT2D eigenvalue weighted by atomic mass is 16.5. The van der Waals surface area contributed by atoms with Gasteiger partial charge in [-0.05, 0) is 36.1 Å². The van der Waals surface area contributed by atoms with Crippen LogP contribution in [0.1, 0.15) is 40.5 Å². The third-order valence-electron chi connectivity index (χ3n) is 4.36. The summed E-state index contributed by atoms with van der Waals surface area (Å²) in [6.07, 6.45) is 3.12. The second kappa shape index (κ2) is 5.30. The van der Waals surface area contributed by atoms with Crippen molar-refractivity contribution in [3.05, 3.63) is 88.8 Å². The number of hydrogen-bond acceptors (Lipinski definition) is 2. The molecule has 1 aliphatic rings. The zero-order valence-electron chi connectivity index (χ0n) is 12.5. The molecule has 4 rings (SSSR count). The molecule has 0 amide bonds. The van der Waals surface area contributed by atoms with Crippen LogP contribution in [0.25, 0.3) is 11.6 Å². The van der Waals surface area contributed by atoms with E-state index >= 15 is 0 Å². The zero-order chi connectivity index (χ0) is 14.9. The molecular weight excluding hydrogens is 270 g/mol. The highest BCUT2D eigenvalue weighted by Gasteiger charge is 2.28. The van der Waals surface area contributed by atoms with Crippen molar-refractivity contribution in [2.24, 2.45) is 0 Å². The quantitative estimate of drug-likeness (QED) is 0.658. The van der Waals surface area contributed by atoms with Crippen LogP contribution in [0.15, 0.2) is 65.2 Å². The minimum absolute atomic E-state index is 0.308. The minimum Gasteiger partial charge on any atom is -0.356 e. The maximum Gasteiger partial charge on any atom is 0.164 e. The Kier molecular flexibility index (Phi) is 3.15. The summed E-state index contributed by atoms with van der Waals surface area (Å²) < 4.78 is 5.56. The van der Waals surface area contributed by atoms with Crippen molar-refractivity contribution in [2.45, 2.75) is 19.3 Å². The summed E-state index contributed by atoms with van der Waals surface area (Å²) in [6, 6.07) is 21.1. The molecule has 0 aliphatic heterocycles. The van der Waals surface area contributed by atoms with Crippen molar-refractivity contribution in [1.29, 1.82) is 0 Å². The second-order valence-electron chi connectivity index (χ2n) is 5.75. The Labute approximate surface area is 130 Å². The van der Waals surface area contributed by atoms with E-state index in [0.29, 0.717) is 5.92 Å². The van der Waals surface area contributed by atoms with Crippen molar-refractivity contribution >= 4 is 11.6 Å². The molecule has 2 heteroatoms. The fourth-order valence-electron chi connectivity index (χ4n) is 3.28. The lowest BCUT2D eigenvalue weighted by molar-refractivity contribution is 0.406. The van der Waals surface area contributed by atoms with Crippen LogP contribution in [0, 0.1) is 6.92 Å². The minimum atomic E-state index is 0.308. The lowest BCUT2D eigenvalue weighted by Gasteiger charge is -2.23. The van der Waals surface area contributed by atoms with Crippen LogP contribution in [0.4, 0.5) is 0 Å². The summed E-state index contributed by atoms with van der Waals surface area (Å²) in [4.78, 5) is 0. The van der Waals surface area contributed by atoms with Crippen molar-refractivity contribution in [3.8, 4) is 0 Å². The molecule has 1 heterocycles. The van der Waals surface area contributed by atoms with E-state index in [1.165, 1.54) is 22.3 Å². The smallest absolute Gasteiger partial charge is 0.164 e. The molecule has 2 aromatic carbocycles. The highest BCUT2D eigenvalue weighted by molar-refractivity contribution is 5.84. The van der Waals surface area contributed by atoms with E-state index in [1.807, 2.05) is 13.0 Å². The first-order valence-corrected chi connectivity index (χ1v) is 7.60. The van der Waals surface area contributed by atoms with Crippen LogP contribution in [-0.2, 0) is 0 Å². The van der Waals surface area contributed by atoms with Gasteiger partial charge in [-0.1, -0.05) is 65.8 Å². The maximum atomic E-state index is 5.56. The van der Waals surface area contributed by atoms with Crippen LogP contribution in [0.3, 0.4) is 0 Å². The van der Waals surface area contributed by atoms with Crippen molar-refractivity contribution < 1.29 is 4.52 Å². The van der Waals surface area contributed by atoms with Gasteiger partial charge < -0.3 is 4.52 Å². The number of rotatable bonds is 2. The largest absolute Gasteiger partial charge is 0.356 e. The van der Waals surface area contributed by atoms with Crippen molar-refractivity contribution in [3.63, 3.8) is 0 Å². The number of fused-ring (bicyclic) bond motifs is 1. The lowest BCUT2D eigenvalue weighted by Crippen LogP contribution is -2.08. The van der Waals surface area contributed by atoms with Crippen molar-refractivity contribution in [2.75, 3.05) is 0 Å². The molecule has 0 fully saturated rings. The van der Waals surface area contributed by atoms with Gasteiger partial charge in [0.15, 0.2) is 5.76 Å². The molecule has 0 saturated heterocycles. The summed E-state index contributed by atoms with van der Waals surface area (Å²) in [6.45, 7) is 2.03. The topological polar surface area (TPSA) is 26.0 Å². The van der Waals surface area contributed by atoms with E-state index in [4.69, 9.17) is 4.52 Å². The Morgan fingerprint density at radius 3 is 2.36 bits per heavy atom.